The number of carbonyl (C=O) groups excluding carboxylic acids is 1. The van der Waals surface area contributed by atoms with Crippen LogP contribution in [0, 0.1) is 0 Å². The predicted molar refractivity (Wildman–Crippen MR) is 78.9 cm³/mol. The molecule has 0 spiro atoms. The zero-order valence-electron chi connectivity index (χ0n) is 10.7. The molecule has 0 aliphatic carbocycles. The third-order valence-electron chi connectivity index (χ3n) is 3.24. The molecule has 6 nitrogen and oxygen atoms in total. The fraction of sp³-hybridized carbons (Fsp3) is 0.154. The third-order valence-corrected chi connectivity index (χ3v) is 3.76. The van der Waals surface area contributed by atoms with Crippen LogP contribution in [0.3, 0.4) is 0 Å². The number of hydrogen-bond acceptors (Lipinski definition) is 5. The number of halogens is 2. The Kier molecular flexibility index (Phi) is 3.35. The predicted octanol–water partition coefficient (Wildman–Crippen LogP) is 2.21. The summed E-state index contributed by atoms with van der Waals surface area (Å²) in [6.45, 7) is 0.692. The van der Waals surface area contributed by atoms with Crippen LogP contribution in [0.25, 0.3) is 11.3 Å². The number of nitrogen functional groups attached to an aromatic ring is 1. The molecular weight excluding hydrogens is 315 g/mol. The number of amides is 1. The van der Waals surface area contributed by atoms with E-state index in [0.717, 1.165) is 12.0 Å². The van der Waals surface area contributed by atoms with Gasteiger partial charge in [-0.1, -0.05) is 23.2 Å². The Morgan fingerprint density at radius 1 is 1.29 bits per heavy atom. The summed E-state index contributed by atoms with van der Waals surface area (Å²) in [7, 11) is 0. The Labute approximate surface area is 130 Å². The second-order valence-corrected chi connectivity index (χ2v) is 5.49. The normalized spacial score (nSPS) is 13.3. The maximum Gasteiger partial charge on any atom is 0.220 e. The topological polar surface area (TPSA) is 92.3 Å². The zero-order valence-corrected chi connectivity index (χ0v) is 12.2. The van der Waals surface area contributed by atoms with Gasteiger partial charge < -0.3 is 15.7 Å². The molecule has 2 heterocycles. The van der Waals surface area contributed by atoms with Gasteiger partial charge in [0.05, 0.1) is 28.5 Å². The molecule has 1 aromatic carbocycles. The zero-order chi connectivity index (χ0) is 15.1. The lowest BCUT2D eigenvalue weighted by Crippen LogP contribution is -2.12. The molecule has 0 radical (unpaired) electrons. The highest BCUT2D eigenvalue weighted by Crippen LogP contribution is 2.41. The molecule has 0 fully saturated rings. The Hall–Kier alpha value is -2.05. The van der Waals surface area contributed by atoms with Gasteiger partial charge in [-0.2, -0.15) is 0 Å². The number of rotatable bonds is 2. The van der Waals surface area contributed by atoms with E-state index in [4.69, 9.17) is 28.9 Å². The smallest absolute Gasteiger partial charge is 0.220 e. The van der Waals surface area contributed by atoms with Gasteiger partial charge >= 0.3 is 0 Å². The molecule has 0 atom stereocenters. The van der Waals surface area contributed by atoms with Gasteiger partial charge in [0.2, 0.25) is 12.4 Å². The summed E-state index contributed by atoms with van der Waals surface area (Å²) < 4.78 is 0. The average molecular weight is 325 g/mol. The lowest BCUT2D eigenvalue weighted by Gasteiger charge is -2.11. The minimum Gasteiger partial charge on any atom is -0.507 e. The Bertz CT molecular complexity index is 728. The number of hydrogen-bond donors (Lipinski definition) is 2. The van der Waals surface area contributed by atoms with Gasteiger partial charge in [0.25, 0.3) is 0 Å². The van der Waals surface area contributed by atoms with Crippen LogP contribution in [0.4, 0.5) is 5.95 Å². The van der Waals surface area contributed by atoms with E-state index in [9.17, 15) is 9.90 Å². The highest BCUT2D eigenvalue weighted by molar-refractivity contribution is 6.36. The molecule has 21 heavy (non-hydrogen) atoms. The van der Waals surface area contributed by atoms with E-state index < -0.39 is 0 Å². The molecule has 1 aliphatic rings. The van der Waals surface area contributed by atoms with E-state index in [2.05, 4.69) is 9.97 Å². The summed E-state index contributed by atoms with van der Waals surface area (Å²) in [5.74, 6) is -0.0423. The van der Waals surface area contributed by atoms with Crippen molar-refractivity contribution in [1.29, 1.82) is 0 Å². The summed E-state index contributed by atoms with van der Waals surface area (Å²) in [5, 5.41) is 10.7. The first-order valence-electron chi connectivity index (χ1n) is 6.02. The first-order valence-corrected chi connectivity index (χ1v) is 6.78. The van der Waals surface area contributed by atoms with E-state index in [1.807, 2.05) is 0 Å². The van der Waals surface area contributed by atoms with E-state index in [0.29, 0.717) is 35.1 Å². The Morgan fingerprint density at radius 2 is 2.05 bits per heavy atom. The lowest BCUT2D eigenvalue weighted by atomic mass is 10.0. The molecule has 0 bridgehead atoms. The van der Waals surface area contributed by atoms with Crippen molar-refractivity contribution in [2.75, 3.05) is 5.73 Å². The number of phenols is 1. The van der Waals surface area contributed by atoms with E-state index in [1.165, 1.54) is 17.0 Å². The maximum atomic E-state index is 10.9. The van der Waals surface area contributed by atoms with Gasteiger partial charge in [-0.3, -0.25) is 4.79 Å². The number of fused-ring (bicyclic) bond motifs is 1. The summed E-state index contributed by atoms with van der Waals surface area (Å²) >= 11 is 12.0. The van der Waals surface area contributed by atoms with Crippen molar-refractivity contribution < 1.29 is 9.90 Å². The maximum absolute atomic E-state index is 10.9. The van der Waals surface area contributed by atoms with Crippen LogP contribution in [0.15, 0.2) is 12.1 Å². The Balaban J connectivity index is 2.24. The highest BCUT2D eigenvalue weighted by Gasteiger charge is 2.27. The van der Waals surface area contributed by atoms with Crippen molar-refractivity contribution in [2.45, 2.75) is 13.1 Å². The lowest BCUT2D eigenvalue weighted by molar-refractivity contribution is -0.118. The standard InChI is InChI=1S/C13H10Cl2N4O2/c14-6-1-8(15)11(10(21)2-6)12-7-3-19(5-20)4-9(7)17-13(16)18-12/h1-2,5,21H,3-4H2,(H2,16,17,18). The van der Waals surface area contributed by atoms with Crippen molar-refractivity contribution in [3.63, 3.8) is 0 Å². The number of aromatic hydroxyl groups is 1. The summed E-state index contributed by atoms with van der Waals surface area (Å²) in [6, 6.07) is 2.88. The van der Waals surface area contributed by atoms with Crippen LogP contribution in [0.5, 0.6) is 5.75 Å². The molecule has 0 saturated carbocycles. The van der Waals surface area contributed by atoms with Gasteiger partial charge in [-0.25, -0.2) is 9.97 Å². The summed E-state index contributed by atoms with van der Waals surface area (Å²) in [5.41, 5.74) is 7.82. The first-order chi connectivity index (χ1) is 9.99. The van der Waals surface area contributed by atoms with Crippen LogP contribution < -0.4 is 5.73 Å². The fourth-order valence-electron chi connectivity index (χ4n) is 2.37. The summed E-state index contributed by atoms with van der Waals surface area (Å²) in [4.78, 5) is 20.8. The van der Waals surface area contributed by atoms with E-state index in [1.54, 1.807) is 0 Å². The molecule has 1 aliphatic heterocycles. The number of benzene rings is 1. The monoisotopic (exact) mass is 324 g/mol. The van der Waals surface area contributed by atoms with E-state index >= 15 is 0 Å². The van der Waals surface area contributed by atoms with Crippen molar-refractivity contribution in [2.24, 2.45) is 0 Å². The number of anilines is 1. The molecule has 3 rings (SSSR count). The molecule has 1 amide bonds. The number of phenolic OH excluding ortho intramolecular Hbond substituents is 1. The average Bonchev–Trinajstić information content (AvgIpc) is 2.80. The number of nitrogens with zero attached hydrogens (tertiary/aromatic N) is 3. The van der Waals surface area contributed by atoms with Crippen molar-refractivity contribution in [1.82, 2.24) is 14.9 Å². The van der Waals surface area contributed by atoms with Crippen LogP contribution in [0.1, 0.15) is 11.3 Å². The van der Waals surface area contributed by atoms with Gasteiger partial charge in [-0.15, -0.1) is 0 Å². The SMILES string of the molecule is Nc1nc2c(c(-c3c(O)cc(Cl)cc3Cl)n1)CN(C=O)C2. The molecule has 3 N–H and O–H groups in total. The minimum atomic E-state index is -0.0997. The Morgan fingerprint density at radius 3 is 2.71 bits per heavy atom. The van der Waals surface area contributed by atoms with Crippen LogP contribution >= 0.6 is 23.2 Å². The van der Waals surface area contributed by atoms with Gasteiger partial charge in [0, 0.05) is 17.1 Å². The van der Waals surface area contributed by atoms with Crippen LogP contribution in [-0.2, 0) is 17.9 Å². The number of nitrogens with two attached hydrogens (primary N) is 1. The van der Waals surface area contributed by atoms with Crippen molar-refractivity contribution in [3.8, 4) is 17.0 Å². The van der Waals surface area contributed by atoms with Gasteiger partial charge in [-0.05, 0) is 12.1 Å². The number of aromatic nitrogens is 2. The van der Waals surface area contributed by atoms with Gasteiger partial charge in [0.1, 0.15) is 5.75 Å². The minimum absolute atomic E-state index is 0.0573. The highest BCUT2D eigenvalue weighted by atomic mass is 35.5. The van der Waals surface area contributed by atoms with Crippen molar-refractivity contribution in [3.05, 3.63) is 33.4 Å². The largest absolute Gasteiger partial charge is 0.507 e. The summed E-state index contributed by atoms with van der Waals surface area (Å²) in [6.07, 6.45) is 0.727. The molecule has 108 valence electrons. The third kappa shape index (κ3) is 2.36. The molecule has 8 heteroatoms. The second kappa shape index (κ2) is 5.05. The molecule has 0 saturated heterocycles. The fourth-order valence-corrected chi connectivity index (χ4v) is 2.95. The quantitative estimate of drug-likeness (QED) is 0.826. The number of carbonyl (C=O) groups is 1. The van der Waals surface area contributed by atoms with Crippen molar-refractivity contribution >= 4 is 35.6 Å². The molecule has 2 aromatic rings. The molecular formula is C13H10Cl2N4O2. The van der Waals surface area contributed by atoms with Crippen LogP contribution in [0.2, 0.25) is 10.0 Å². The second-order valence-electron chi connectivity index (χ2n) is 4.65. The first kappa shape index (κ1) is 13.9. The molecule has 0 unspecified atom stereocenters. The molecule has 1 aromatic heterocycles. The van der Waals surface area contributed by atoms with Gasteiger partial charge in [0.15, 0.2) is 0 Å². The van der Waals surface area contributed by atoms with Crippen LogP contribution in [-0.4, -0.2) is 26.4 Å². The van der Waals surface area contributed by atoms with E-state index in [-0.39, 0.29) is 16.7 Å².